The Balaban J connectivity index is 0.000000165. The first-order chi connectivity index (χ1) is 16.1. The van der Waals surface area contributed by atoms with E-state index in [0.717, 1.165) is 21.6 Å². The Morgan fingerprint density at radius 3 is 2.88 bits per heavy atom. The highest BCUT2D eigenvalue weighted by Gasteiger charge is 2.17. The molecule has 4 heterocycles. The molecule has 168 valence electrons. The van der Waals surface area contributed by atoms with Gasteiger partial charge in [0.25, 0.3) is 5.91 Å². The third-order valence-corrected chi connectivity index (χ3v) is 7.03. The number of nitrogens with two attached hydrogens (primary N) is 1. The number of hydrogen-bond donors (Lipinski definition) is 4. The number of carbonyl (C=O) groups excluding carboxylic acids is 1. The molecule has 1 aliphatic carbocycles. The maximum absolute atomic E-state index is 11.5. The number of anilines is 1. The van der Waals surface area contributed by atoms with Gasteiger partial charge >= 0.3 is 0 Å². The topological polar surface area (TPSA) is 145 Å². The highest BCUT2D eigenvalue weighted by molar-refractivity contribution is 7.97. The first-order valence-electron chi connectivity index (χ1n) is 10.3. The van der Waals surface area contributed by atoms with Gasteiger partial charge in [-0.3, -0.25) is 9.52 Å². The van der Waals surface area contributed by atoms with Crippen LogP contribution >= 0.6 is 23.3 Å². The predicted molar refractivity (Wildman–Crippen MR) is 131 cm³/mol. The molecule has 0 bridgehead atoms. The van der Waals surface area contributed by atoms with E-state index >= 15 is 0 Å². The monoisotopic (exact) mass is 478 g/mol. The Morgan fingerprint density at radius 2 is 2.15 bits per heavy atom. The van der Waals surface area contributed by atoms with E-state index in [1.807, 2.05) is 6.07 Å². The first-order valence-corrected chi connectivity index (χ1v) is 11.9. The predicted octanol–water partition coefficient (Wildman–Crippen LogP) is 3.73. The molecule has 0 spiro atoms. The smallest absolute Gasteiger partial charge is 0.262 e. The fourth-order valence-corrected chi connectivity index (χ4v) is 4.74. The standard InChI is InChI=1S/C12H11N5OS.C10H11N3S/c1-14-11(18)8-5-17-12(19-8)7-4-16-10-6(9(7)13)2-3-15-10;11-7-8-4-5-12-10(6-8)14-13-9-2-1-3-9/h2-5H,1H3,(H,14,18)(H3,13,15,16);4-6,9,13H,1-3H2. The second kappa shape index (κ2) is 10.4. The summed E-state index contributed by atoms with van der Waals surface area (Å²) in [5.74, 6) is -0.155. The fraction of sp³-hybridized carbons (Fsp3) is 0.227. The molecular weight excluding hydrogens is 456 g/mol. The number of hydrogen-bond acceptors (Lipinski definition) is 9. The number of nitriles is 1. The zero-order valence-electron chi connectivity index (χ0n) is 17.8. The zero-order valence-corrected chi connectivity index (χ0v) is 19.5. The summed E-state index contributed by atoms with van der Waals surface area (Å²) in [4.78, 5) is 27.8. The molecule has 4 aromatic rings. The number of carbonyl (C=O) groups is 1. The maximum Gasteiger partial charge on any atom is 0.262 e. The molecule has 4 aromatic heterocycles. The normalized spacial score (nSPS) is 13.0. The van der Waals surface area contributed by atoms with Crippen molar-refractivity contribution in [1.82, 2.24) is 30.0 Å². The molecule has 0 aliphatic heterocycles. The Morgan fingerprint density at radius 1 is 1.30 bits per heavy atom. The van der Waals surface area contributed by atoms with E-state index in [-0.39, 0.29) is 5.91 Å². The van der Waals surface area contributed by atoms with Gasteiger partial charge < -0.3 is 16.0 Å². The van der Waals surface area contributed by atoms with Crippen LogP contribution in [0.15, 0.2) is 48.0 Å². The van der Waals surface area contributed by atoms with Gasteiger partial charge in [-0.2, -0.15) is 5.26 Å². The van der Waals surface area contributed by atoms with Crippen LogP contribution in [0.25, 0.3) is 21.6 Å². The fourth-order valence-electron chi connectivity index (χ4n) is 3.03. The van der Waals surface area contributed by atoms with E-state index in [1.165, 1.54) is 42.5 Å². The van der Waals surface area contributed by atoms with Crippen molar-refractivity contribution in [3.05, 3.63) is 53.4 Å². The number of thiazole rings is 1. The average Bonchev–Trinajstić information content (AvgIpc) is 3.49. The molecule has 1 aliphatic rings. The van der Waals surface area contributed by atoms with Crippen LogP contribution < -0.4 is 15.8 Å². The van der Waals surface area contributed by atoms with Gasteiger partial charge in [0.1, 0.15) is 20.6 Å². The number of H-pyrrole nitrogens is 1. The number of nitrogens with zero attached hydrogens (tertiary/aromatic N) is 4. The minimum absolute atomic E-state index is 0.155. The molecule has 33 heavy (non-hydrogen) atoms. The van der Waals surface area contributed by atoms with Crippen LogP contribution in [0, 0.1) is 11.3 Å². The van der Waals surface area contributed by atoms with Gasteiger partial charge in [0.2, 0.25) is 0 Å². The Kier molecular flexibility index (Phi) is 7.19. The Bertz CT molecular complexity index is 1310. The van der Waals surface area contributed by atoms with Crippen LogP contribution in [0.1, 0.15) is 34.5 Å². The van der Waals surface area contributed by atoms with Crippen molar-refractivity contribution in [2.45, 2.75) is 30.3 Å². The summed E-state index contributed by atoms with van der Waals surface area (Å²) in [7, 11) is 1.59. The van der Waals surface area contributed by atoms with E-state index in [2.05, 4.69) is 36.0 Å². The van der Waals surface area contributed by atoms with E-state index in [9.17, 15) is 4.79 Å². The van der Waals surface area contributed by atoms with Gasteiger partial charge in [0.15, 0.2) is 0 Å². The highest BCUT2D eigenvalue weighted by Crippen LogP contribution is 2.33. The number of fused-ring (bicyclic) bond motifs is 1. The summed E-state index contributed by atoms with van der Waals surface area (Å²) in [5, 5.41) is 13.7. The summed E-state index contributed by atoms with van der Waals surface area (Å²) in [6, 6.07) is 8.12. The van der Waals surface area contributed by atoms with Crippen LogP contribution in [0.5, 0.6) is 0 Å². The van der Waals surface area contributed by atoms with Crippen molar-refractivity contribution >= 4 is 45.9 Å². The molecule has 9 nitrogen and oxygen atoms in total. The lowest BCUT2D eigenvalue weighted by atomic mass is 9.94. The molecule has 0 radical (unpaired) electrons. The molecular formula is C22H22N8OS2. The summed E-state index contributed by atoms with van der Waals surface area (Å²) in [6.07, 6.45) is 10.5. The third-order valence-electron chi connectivity index (χ3n) is 5.11. The average molecular weight is 479 g/mol. The molecule has 5 rings (SSSR count). The van der Waals surface area contributed by atoms with E-state index in [0.29, 0.717) is 27.2 Å². The van der Waals surface area contributed by atoms with Crippen LogP contribution in [-0.2, 0) is 0 Å². The molecule has 1 saturated carbocycles. The quantitative estimate of drug-likeness (QED) is 0.317. The number of nitrogen functional groups attached to an aromatic ring is 1. The molecule has 1 fully saturated rings. The second-order valence-corrected chi connectivity index (χ2v) is 9.17. The molecule has 0 atom stereocenters. The number of aromatic nitrogens is 4. The summed E-state index contributed by atoms with van der Waals surface area (Å²) in [5.41, 5.74) is 8.88. The van der Waals surface area contributed by atoms with Crippen molar-refractivity contribution in [2.75, 3.05) is 12.8 Å². The number of amides is 1. The van der Waals surface area contributed by atoms with E-state index in [4.69, 9.17) is 11.0 Å². The first kappa shape index (κ1) is 22.7. The molecule has 5 N–H and O–H groups in total. The lowest BCUT2D eigenvalue weighted by Gasteiger charge is -2.25. The summed E-state index contributed by atoms with van der Waals surface area (Å²) >= 11 is 2.81. The molecule has 0 unspecified atom stereocenters. The lowest BCUT2D eigenvalue weighted by Crippen LogP contribution is -2.30. The molecule has 1 amide bonds. The summed E-state index contributed by atoms with van der Waals surface area (Å²) < 4.78 is 3.33. The van der Waals surface area contributed by atoms with Gasteiger partial charge in [-0.25, -0.2) is 15.0 Å². The SMILES string of the molecule is CNC(=O)c1cnc(-c2cnc3[nH]ccc3c2N)s1.N#Cc1ccnc(SNC2CCC2)c1. The van der Waals surface area contributed by atoms with Crippen LogP contribution in [0.2, 0.25) is 0 Å². The number of pyridine rings is 2. The van der Waals surface area contributed by atoms with Crippen LogP contribution in [-0.4, -0.2) is 38.9 Å². The minimum atomic E-state index is -0.155. The van der Waals surface area contributed by atoms with Crippen LogP contribution in [0.4, 0.5) is 5.69 Å². The van der Waals surface area contributed by atoms with Gasteiger partial charge in [0.05, 0.1) is 29.1 Å². The van der Waals surface area contributed by atoms with Gasteiger partial charge in [-0.1, -0.05) is 6.42 Å². The minimum Gasteiger partial charge on any atom is -0.398 e. The van der Waals surface area contributed by atoms with Crippen LogP contribution in [0.3, 0.4) is 0 Å². The van der Waals surface area contributed by atoms with E-state index < -0.39 is 0 Å². The Labute approximate surface area is 199 Å². The molecule has 0 aromatic carbocycles. The zero-order chi connectivity index (χ0) is 23.2. The van der Waals surface area contributed by atoms with Gasteiger partial charge in [0, 0.05) is 37.1 Å². The van der Waals surface area contributed by atoms with Crippen molar-refractivity contribution < 1.29 is 4.79 Å². The molecule has 0 saturated heterocycles. The van der Waals surface area contributed by atoms with E-state index in [1.54, 1.807) is 44.0 Å². The summed E-state index contributed by atoms with van der Waals surface area (Å²) in [6.45, 7) is 0. The molecule has 11 heteroatoms. The van der Waals surface area contributed by atoms with Gasteiger partial charge in [-0.15, -0.1) is 11.3 Å². The number of rotatable bonds is 5. The van der Waals surface area contributed by atoms with Crippen molar-refractivity contribution in [1.29, 1.82) is 5.26 Å². The number of aromatic amines is 1. The van der Waals surface area contributed by atoms with Gasteiger partial charge in [-0.05, 0) is 43.0 Å². The largest absolute Gasteiger partial charge is 0.398 e. The number of nitrogens with one attached hydrogen (secondary N) is 3. The third kappa shape index (κ3) is 5.31. The Hall–Kier alpha value is -3.46. The van der Waals surface area contributed by atoms with Crippen molar-refractivity contribution in [3.8, 4) is 16.6 Å². The van der Waals surface area contributed by atoms with Crippen molar-refractivity contribution in [3.63, 3.8) is 0 Å². The maximum atomic E-state index is 11.5. The highest BCUT2D eigenvalue weighted by atomic mass is 32.2. The van der Waals surface area contributed by atoms with Crippen molar-refractivity contribution in [2.24, 2.45) is 0 Å². The lowest BCUT2D eigenvalue weighted by molar-refractivity contribution is 0.0967. The second-order valence-electron chi connectivity index (χ2n) is 7.28.